The van der Waals surface area contributed by atoms with Crippen LogP contribution >= 0.6 is 15.9 Å². The third kappa shape index (κ3) is 9.14. The number of esters is 1. The normalized spacial score (nSPS) is 12.1. The maximum absolute atomic E-state index is 12.3. The molecule has 1 aromatic carbocycles. The maximum atomic E-state index is 12.3. The third-order valence-electron chi connectivity index (χ3n) is 4.09. The lowest BCUT2D eigenvalue weighted by molar-refractivity contribution is 0.0250. The highest BCUT2D eigenvalue weighted by Crippen LogP contribution is 2.18. The zero-order valence-electron chi connectivity index (χ0n) is 14.7. The number of hydrogen-bond acceptors (Lipinski definition) is 2. The lowest BCUT2D eigenvalue weighted by Gasteiger charge is -2.18. The number of ether oxygens (including phenoxy) is 1. The molecule has 3 heteroatoms. The summed E-state index contributed by atoms with van der Waals surface area (Å²) < 4.78 is 6.67. The van der Waals surface area contributed by atoms with E-state index in [-0.39, 0.29) is 12.1 Å². The minimum atomic E-state index is -0.196. The molecule has 0 bridgehead atoms. The van der Waals surface area contributed by atoms with E-state index < -0.39 is 0 Å². The number of benzene rings is 1. The molecule has 0 heterocycles. The summed E-state index contributed by atoms with van der Waals surface area (Å²) in [7, 11) is 0. The van der Waals surface area contributed by atoms with Gasteiger partial charge in [-0.1, -0.05) is 80.8 Å². The Hall–Kier alpha value is -0.830. The van der Waals surface area contributed by atoms with Crippen LogP contribution in [0.5, 0.6) is 0 Å². The summed E-state index contributed by atoms with van der Waals surface area (Å²) in [5.74, 6) is -0.196. The standard InChI is InChI=1S/C20H31BrO2/c1-3-5-7-8-9-10-15-19(14-6-4-2)23-20(22)17-12-11-13-18(21)16-17/h11-13,16,19H,3-10,14-15H2,1-2H3. The molecule has 0 fully saturated rings. The number of hydrogen-bond donors (Lipinski definition) is 0. The Morgan fingerprint density at radius 3 is 2.35 bits per heavy atom. The van der Waals surface area contributed by atoms with Crippen molar-refractivity contribution in [1.29, 1.82) is 0 Å². The maximum Gasteiger partial charge on any atom is 0.338 e. The summed E-state index contributed by atoms with van der Waals surface area (Å²) >= 11 is 3.40. The second-order valence-corrected chi connectivity index (χ2v) is 7.15. The topological polar surface area (TPSA) is 26.3 Å². The fourth-order valence-electron chi connectivity index (χ4n) is 2.68. The van der Waals surface area contributed by atoms with Crippen LogP contribution in [0.4, 0.5) is 0 Å². The fraction of sp³-hybridized carbons (Fsp3) is 0.650. The van der Waals surface area contributed by atoms with Gasteiger partial charge in [0, 0.05) is 4.47 Å². The Kier molecular flexibility index (Phi) is 11.1. The van der Waals surface area contributed by atoms with Crippen molar-refractivity contribution < 1.29 is 9.53 Å². The third-order valence-corrected chi connectivity index (χ3v) is 4.59. The molecule has 130 valence electrons. The molecule has 1 unspecified atom stereocenters. The van der Waals surface area contributed by atoms with E-state index in [0.29, 0.717) is 5.56 Å². The van der Waals surface area contributed by atoms with E-state index >= 15 is 0 Å². The molecule has 23 heavy (non-hydrogen) atoms. The second kappa shape index (κ2) is 12.6. The zero-order valence-corrected chi connectivity index (χ0v) is 16.2. The van der Waals surface area contributed by atoms with Crippen LogP contribution in [0.2, 0.25) is 0 Å². The highest BCUT2D eigenvalue weighted by Gasteiger charge is 2.15. The number of carbonyl (C=O) groups excluding carboxylic acids is 1. The SMILES string of the molecule is CCCCCCCCC(CCCC)OC(=O)c1cccc(Br)c1. The molecule has 0 spiro atoms. The van der Waals surface area contributed by atoms with Gasteiger partial charge in [0.25, 0.3) is 0 Å². The van der Waals surface area contributed by atoms with Crippen LogP contribution in [0, 0.1) is 0 Å². The van der Waals surface area contributed by atoms with E-state index in [1.807, 2.05) is 24.3 Å². The average molecular weight is 383 g/mol. The molecule has 0 aromatic heterocycles. The molecule has 0 N–H and O–H groups in total. The van der Waals surface area contributed by atoms with Gasteiger partial charge < -0.3 is 4.74 Å². The number of unbranched alkanes of at least 4 members (excludes halogenated alkanes) is 6. The van der Waals surface area contributed by atoms with Gasteiger partial charge in [-0.15, -0.1) is 0 Å². The highest BCUT2D eigenvalue weighted by molar-refractivity contribution is 9.10. The number of halogens is 1. The van der Waals surface area contributed by atoms with E-state index in [0.717, 1.165) is 36.6 Å². The average Bonchev–Trinajstić information content (AvgIpc) is 2.55. The Bertz CT molecular complexity index is 445. The minimum absolute atomic E-state index is 0.0626. The Balaban J connectivity index is 2.42. The lowest BCUT2D eigenvalue weighted by Crippen LogP contribution is -2.18. The Morgan fingerprint density at radius 1 is 1.00 bits per heavy atom. The van der Waals surface area contributed by atoms with Crippen molar-refractivity contribution in [3.8, 4) is 0 Å². The van der Waals surface area contributed by atoms with Crippen molar-refractivity contribution in [1.82, 2.24) is 0 Å². The smallest absolute Gasteiger partial charge is 0.338 e. The quantitative estimate of drug-likeness (QED) is 0.289. The van der Waals surface area contributed by atoms with Gasteiger partial charge in [0.05, 0.1) is 5.56 Å². The van der Waals surface area contributed by atoms with Gasteiger partial charge in [0.15, 0.2) is 0 Å². The van der Waals surface area contributed by atoms with E-state index in [1.165, 1.54) is 32.1 Å². The second-order valence-electron chi connectivity index (χ2n) is 6.24. The van der Waals surface area contributed by atoms with Crippen molar-refractivity contribution in [3.63, 3.8) is 0 Å². The van der Waals surface area contributed by atoms with Crippen LogP contribution in [-0.4, -0.2) is 12.1 Å². The van der Waals surface area contributed by atoms with Gasteiger partial charge >= 0.3 is 5.97 Å². The number of rotatable bonds is 12. The van der Waals surface area contributed by atoms with E-state index in [2.05, 4.69) is 29.8 Å². The molecule has 0 aliphatic carbocycles. The first-order chi connectivity index (χ1) is 11.2. The Morgan fingerprint density at radius 2 is 1.65 bits per heavy atom. The van der Waals surface area contributed by atoms with Gasteiger partial charge in [-0.3, -0.25) is 0 Å². The summed E-state index contributed by atoms with van der Waals surface area (Å²) in [6.45, 7) is 4.42. The van der Waals surface area contributed by atoms with Crippen LogP contribution in [0.3, 0.4) is 0 Å². The predicted octanol–water partition coefficient (Wildman–Crippen LogP) is 6.92. The molecule has 0 aliphatic heterocycles. The molecular formula is C20H31BrO2. The van der Waals surface area contributed by atoms with Gasteiger partial charge in [0.2, 0.25) is 0 Å². The first-order valence-corrected chi connectivity index (χ1v) is 9.93. The molecule has 0 radical (unpaired) electrons. The summed E-state index contributed by atoms with van der Waals surface area (Å²) in [5, 5.41) is 0. The van der Waals surface area contributed by atoms with Crippen molar-refractivity contribution in [2.45, 2.75) is 84.2 Å². The van der Waals surface area contributed by atoms with Crippen molar-refractivity contribution >= 4 is 21.9 Å². The summed E-state index contributed by atoms with van der Waals surface area (Å²) in [4.78, 5) is 12.3. The van der Waals surface area contributed by atoms with Crippen molar-refractivity contribution in [3.05, 3.63) is 34.3 Å². The zero-order chi connectivity index (χ0) is 16.9. The Labute approximate surface area is 150 Å². The van der Waals surface area contributed by atoms with Crippen molar-refractivity contribution in [2.24, 2.45) is 0 Å². The largest absolute Gasteiger partial charge is 0.459 e. The van der Waals surface area contributed by atoms with Crippen LogP contribution < -0.4 is 0 Å². The number of carbonyl (C=O) groups is 1. The fourth-order valence-corrected chi connectivity index (χ4v) is 3.08. The van der Waals surface area contributed by atoms with Crippen LogP contribution in [-0.2, 0) is 4.74 Å². The molecule has 1 atom stereocenters. The summed E-state index contributed by atoms with van der Waals surface area (Å²) in [5.41, 5.74) is 0.629. The first kappa shape index (κ1) is 20.2. The molecule has 0 aliphatic rings. The molecule has 0 saturated carbocycles. The van der Waals surface area contributed by atoms with Crippen LogP contribution in [0.1, 0.15) is 88.4 Å². The molecular weight excluding hydrogens is 352 g/mol. The molecule has 0 amide bonds. The summed E-state index contributed by atoms with van der Waals surface area (Å²) in [6, 6.07) is 7.43. The van der Waals surface area contributed by atoms with Crippen LogP contribution in [0.15, 0.2) is 28.7 Å². The first-order valence-electron chi connectivity index (χ1n) is 9.14. The molecule has 2 nitrogen and oxygen atoms in total. The highest BCUT2D eigenvalue weighted by atomic mass is 79.9. The van der Waals surface area contributed by atoms with Gasteiger partial charge in [0.1, 0.15) is 6.10 Å². The van der Waals surface area contributed by atoms with Gasteiger partial charge in [-0.2, -0.15) is 0 Å². The molecule has 0 saturated heterocycles. The van der Waals surface area contributed by atoms with Gasteiger partial charge in [-0.25, -0.2) is 4.79 Å². The molecule has 1 rings (SSSR count). The van der Waals surface area contributed by atoms with E-state index in [4.69, 9.17) is 4.74 Å². The van der Waals surface area contributed by atoms with Crippen LogP contribution in [0.25, 0.3) is 0 Å². The molecule has 1 aromatic rings. The monoisotopic (exact) mass is 382 g/mol. The minimum Gasteiger partial charge on any atom is -0.459 e. The van der Waals surface area contributed by atoms with Gasteiger partial charge in [-0.05, 0) is 37.5 Å². The van der Waals surface area contributed by atoms with E-state index in [1.54, 1.807) is 0 Å². The summed E-state index contributed by atoms with van der Waals surface area (Å²) in [6.07, 6.45) is 11.9. The predicted molar refractivity (Wildman–Crippen MR) is 101 cm³/mol. The van der Waals surface area contributed by atoms with E-state index in [9.17, 15) is 4.79 Å². The lowest BCUT2D eigenvalue weighted by atomic mass is 10.0. The van der Waals surface area contributed by atoms with Crippen molar-refractivity contribution in [2.75, 3.05) is 0 Å².